The molecule has 0 saturated heterocycles. The first-order chi connectivity index (χ1) is 62.7. The van der Waals surface area contributed by atoms with Gasteiger partial charge in [0.15, 0.2) is 50.3 Å². The second-order valence-corrected chi connectivity index (χ2v) is 38.7. The Morgan fingerprint density at radius 1 is 0.427 bits per heavy atom. The van der Waals surface area contributed by atoms with Crippen LogP contribution in [0.25, 0.3) is 49.5 Å². The van der Waals surface area contributed by atoms with Crippen molar-refractivity contribution in [3.63, 3.8) is 0 Å². The van der Waals surface area contributed by atoms with E-state index in [1.54, 1.807) is 136 Å². The van der Waals surface area contributed by atoms with Crippen LogP contribution in [-0.4, -0.2) is 137 Å². The molecule has 11 aromatic heterocycles. The van der Waals surface area contributed by atoms with E-state index in [-0.39, 0.29) is 163 Å². The van der Waals surface area contributed by atoms with Gasteiger partial charge in [0.2, 0.25) is 31.2 Å². The van der Waals surface area contributed by atoms with E-state index < -0.39 is 52.4 Å². The van der Waals surface area contributed by atoms with Gasteiger partial charge in [-0.05, 0) is 122 Å². The van der Waals surface area contributed by atoms with Crippen molar-refractivity contribution in [1.29, 1.82) is 0 Å². The van der Waals surface area contributed by atoms with E-state index in [1.165, 1.54) is 38.0 Å². The maximum absolute atomic E-state index is 13.9. The van der Waals surface area contributed by atoms with Gasteiger partial charge in [0.1, 0.15) is 85.6 Å². The van der Waals surface area contributed by atoms with Crippen molar-refractivity contribution < 1.29 is 86.5 Å². The van der Waals surface area contributed by atoms with Crippen molar-refractivity contribution >= 4 is 132 Å². The highest BCUT2D eigenvalue weighted by molar-refractivity contribution is 9.10. The topological polar surface area (TPSA) is 572 Å². The summed E-state index contributed by atoms with van der Waals surface area (Å²) in [7, 11) is -14.0. The molecular formula is C81H90BrClFN21O22P4. The molecule has 0 aliphatic rings. The number of hydrogen-bond acceptors (Lipinski definition) is 34. The second-order valence-electron chi connectivity index (χ2n) is 28.8. The Labute approximate surface area is 757 Å². The van der Waals surface area contributed by atoms with Crippen LogP contribution in [0.1, 0.15) is 62.4 Å². The van der Waals surface area contributed by atoms with Crippen molar-refractivity contribution in [3.05, 3.63) is 283 Å². The molecule has 4 atom stereocenters. The number of hydrogen-bond donors (Lipinski definition) is 8. The molecule has 0 bridgehead atoms. The average Bonchev–Trinajstić information content (AvgIpc) is 1.68. The number of nitrogens with two attached hydrogens (primary N) is 4. The molecule has 11 heterocycles. The molecule has 12 N–H and O–H groups in total. The SMILES string of the molecule is Cc1ccc(COP(=O)(COCCn2cnc3c(=O)[nH]c(N)nc32)OCc2ccc(C)c(F)c2)o1.Cc1ccc(COP(=O)(COCCn2cnc3c(=O)[nH]c(N)nc32)OCc2cccc(Br)c2)o1.Cc1ccc(COP(=O)(COCCn2cnc3c(=O)[nH]c(N)nc32)OCc2cccc(Cl)c2)o1.[C-]#[N+]c1ccc(COP(C)(=O)COCCn2cnc3c(=O)[nH]c(N)nc32)cc1. The molecule has 692 valence electrons. The molecule has 15 aromatic rings. The number of halogens is 3. The van der Waals surface area contributed by atoms with Gasteiger partial charge in [0.05, 0.1) is 84.7 Å². The molecule has 4 unspecified atom stereocenters. The van der Waals surface area contributed by atoms with Crippen molar-refractivity contribution in [2.45, 2.75) is 100 Å². The van der Waals surface area contributed by atoms with E-state index in [1.807, 2.05) is 31.2 Å². The Balaban J connectivity index is 0.000000158. The monoisotopic (exact) mass is 1970 g/mol. The number of furan rings is 3. The lowest BCUT2D eigenvalue weighted by Gasteiger charge is -2.18. The minimum absolute atomic E-state index is 0.00724. The van der Waals surface area contributed by atoms with E-state index >= 15 is 0 Å². The van der Waals surface area contributed by atoms with Gasteiger partial charge in [-0.1, -0.05) is 88.2 Å². The largest absolute Gasteiger partial charge is 0.464 e. The third-order valence-corrected chi connectivity index (χ3v) is 25.1. The minimum Gasteiger partial charge on any atom is -0.464 e. The Kier molecular flexibility index (Phi) is 34.2. The lowest BCUT2D eigenvalue weighted by Crippen LogP contribution is -2.13. The quantitative estimate of drug-likeness (QED) is 0.0100. The lowest BCUT2D eigenvalue weighted by molar-refractivity contribution is 0.114. The molecule has 0 aliphatic carbocycles. The zero-order chi connectivity index (χ0) is 93.4. The predicted octanol–water partition coefficient (Wildman–Crippen LogP) is 13.8. The fraction of sp³-hybridized carbons (Fsp3) is 0.296. The molecular weight excluding hydrogens is 1880 g/mol. The molecule has 0 spiro atoms. The number of ether oxygens (including phenoxy) is 4. The van der Waals surface area contributed by atoms with Crippen LogP contribution in [0.15, 0.2) is 190 Å². The fourth-order valence-electron chi connectivity index (χ4n) is 11.9. The summed E-state index contributed by atoms with van der Waals surface area (Å²) in [5.74, 6) is 3.22. The number of aromatic nitrogens is 16. The summed E-state index contributed by atoms with van der Waals surface area (Å²) in [6.45, 7) is 17.3. The molecule has 15 rings (SSSR count). The van der Waals surface area contributed by atoms with E-state index in [9.17, 15) is 41.8 Å². The molecule has 50 heteroatoms. The van der Waals surface area contributed by atoms with Crippen LogP contribution in [0.5, 0.6) is 0 Å². The number of imidazole rings is 4. The molecule has 0 fully saturated rings. The Morgan fingerprint density at radius 2 is 0.756 bits per heavy atom. The smallest absolute Gasteiger partial charge is 0.356 e. The number of fused-ring (bicyclic) bond motifs is 4. The van der Waals surface area contributed by atoms with Gasteiger partial charge in [0, 0.05) is 42.3 Å². The highest BCUT2D eigenvalue weighted by Gasteiger charge is 2.31. The molecule has 43 nitrogen and oxygen atoms in total. The number of aromatic amines is 4. The maximum atomic E-state index is 13.9. The third-order valence-electron chi connectivity index (χ3n) is 18.4. The summed E-state index contributed by atoms with van der Waals surface area (Å²) < 4.78 is 152. The van der Waals surface area contributed by atoms with Crippen molar-refractivity contribution in [1.82, 2.24) is 78.1 Å². The molecule has 0 amide bonds. The first-order valence-electron chi connectivity index (χ1n) is 39.6. The normalized spacial score (nSPS) is 13.3. The van der Waals surface area contributed by atoms with E-state index in [0.29, 0.717) is 86.3 Å². The summed E-state index contributed by atoms with van der Waals surface area (Å²) >= 11 is 9.42. The van der Waals surface area contributed by atoms with Crippen LogP contribution in [0.3, 0.4) is 0 Å². The lowest BCUT2D eigenvalue weighted by atomic mass is 10.1. The van der Waals surface area contributed by atoms with Gasteiger partial charge >= 0.3 is 22.8 Å². The summed E-state index contributed by atoms with van der Waals surface area (Å²) in [5.41, 5.74) is 26.6. The van der Waals surface area contributed by atoms with E-state index in [4.69, 9.17) is 105 Å². The van der Waals surface area contributed by atoms with Crippen LogP contribution in [0, 0.1) is 40.1 Å². The maximum Gasteiger partial charge on any atom is 0.356 e. The van der Waals surface area contributed by atoms with Crippen molar-refractivity contribution in [3.8, 4) is 0 Å². The van der Waals surface area contributed by atoms with Gasteiger partial charge in [-0.25, -0.2) is 29.2 Å². The Hall–Kier alpha value is -12.0. The number of aryl methyl sites for hydroxylation is 4. The van der Waals surface area contributed by atoms with Crippen molar-refractivity contribution in [2.24, 2.45) is 0 Å². The summed E-state index contributed by atoms with van der Waals surface area (Å²) in [4.78, 5) is 92.8. The highest BCUT2D eigenvalue weighted by Crippen LogP contribution is 2.52. The average molecular weight is 1970 g/mol. The van der Waals surface area contributed by atoms with Gasteiger partial charge in [-0.2, -0.15) is 19.9 Å². The standard InChI is InChI=1S/C22H25FN5O6P.C21H23BrN5O6P.C21H23ClN5O6P.C17H19N6O4P/c1-14-3-5-16(9-18(14)23)10-32-35(30,33-11-17-6-4-15(2)34-17)13-31-8-7-28-12-25-19-20(28)26-22(24)27-21(19)29;2*1-14-5-6-17(33-14)11-32-34(29,31-10-15-3-2-4-16(22)9-15)13-30-8-7-27-12-24-18-19(27)25-21(23)26-20(18)28;1-19-13-5-3-12(4-6-13)9-27-28(2,25)11-26-8-7-23-10-20-14-15(23)21-17(18)22-16(14)24/h3-6,9,12H,7-8,10-11,13H2,1-2H3,(H3,24,26,27,29);2*2-6,9,12H,7-8,10-11,13H2,1H3,(H3,23,25,26,28);3-6,10H,7-9,11H2,2H3,(H3,18,21,22,24). The Morgan fingerprint density at radius 3 is 1.09 bits per heavy atom. The summed E-state index contributed by atoms with van der Waals surface area (Å²) in [6, 6.07) is 36.6. The van der Waals surface area contributed by atoms with E-state index in [2.05, 4.69) is 80.6 Å². The number of H-pyrrole nitrogens is 4. The van der Waals surface area contributed by atoms with Crippen LogP contribution in [0.4, 0.5) is 33.9 Å². The fourth-order valence-corrected chi connectivity index (χ4v) is 17.2. The molecule has 131 heavy (non-hydrogen) atoms. The first kappa shape index (κ1) is 98.0. The number of nitrogen functional groups attached to an aromatic ring is 4. The molecule has 0 saturated carbocycles. The van der Waals surface area contributed by atoms with Gasteiger partial charge in [0.25, 0.3) is 22.2 Å². The van der Waals surface area contributed by atoms with Gasteiger partial charge in [-0.3, -0.25) is 70.9 Å². The van der Waals surface area contributed by atoms with Gasteiger partial charge in [-0.15, -0.1) is 0 Å². The van der Waals surface area contributed by atoms with Crippen molar-refractivity contribution in [2.75, 3.05) is 81.4 Å². The zero-order valence-corrected chi connectivity index (χ0v) is 76.8. The predicted molar refractivity (Wildman–Crippen MR) is 483 cm³/mol. The summed E-state index contributed by atoms with van der Waals surface area (Å²) in [6.07, 6.45) is 4.87. The first-order valence-corrected chi connectivity index (χ1v) is 48.2. The number of anilines is 4. The van der Waals surface area contributed by atoms with Crippen LogP contribution < -0.4 is 45.2 Å². The molecule has 0 aliphatic heterocycles. The number of nitrogens with one attached hydrogen (secondary N) is 4. The highest BCUT2D eigenvalue weighted by atomic mass is 79.9. The third kappa shape index (κ3) is 29.0. The number of rotatable bonds is 41. The zero-order valence-electron chi connectivity index (χ0n) is 70.9. The summed E-state index contributed by atoms with van der Waals surface area (Å²) in [5, 5.41) is 0.541. The van der Waals surface area contributed by atoms with Crippen LogP contribution >= 0.6 is 57.7 Å². The molecule has 4 aromatic carbocycles. The van der Waals surface area contributed by atoms with Crippen LogP contribution in [0.2, 0.25) is 5.02 Å². The minimum atomic E-state index is -3.76. The number of benzene rings is 4. The second kappa shape index (κ2) is 45.7. The molecule has 0 radical (unpaired) electrons. The van der Waals surface area contributed by atoms with E-state index in [0.717, 1.165) is 26.9 Å². The Bertz CT molecular complexity index is 6740. The van der Waals surface area contributed by atoms with Crippen LogP contribution in [-0.2, 0) is 141 Å². The van der Waals surface area contributed by atoms with Gasteiger partial charge < -0.3 is 91.5 Å². The number of nitrogens with zero attached hydrogens (tertiary/aromatic N) is 13.